The Morgan fingerprint density at radius 1 is 1.09 bits per heavy atom. The van der Waals surface area contributed by atoms with Crippen molar-refractivity contribution >= 4 is 23.2 Å². The lowest BCUT2D eigenvalue weighted by molar-refractivity contribution is -0.133. The minimum Gasteiger partial charge on any atom is -0.389 e. The monoisotopic (exact) mass is 483 g/mol. The van der Waals surface area contributed by atoms with Crippen LogP contribution in [0.4, 0.5) is 0 Å². The molecule has 0 spiro atoms. The molecule has 0 aliphatic carbocycles. The second-order valence-corrected chi connectivity index (χ2v) is 9.45. The van der Waals surface area contributed by atoms with Crippen LogP contribution in [-0.2, 0) is 4.79 Å². The molecule has 174 valence electrons. The average Bonchev–Trinajstić information content (AvgIpc) is 3.51. The number of carbonyl (C=O) groups excluding carboxylic acids is 1. The highest BCUT2D eigenvalue weighted by Crippen LogP contribution is 2.37. The molecule has 1 fully saturated rings. The summed E-state index contributed by atoms with van der Waals surface area (Å²) < 4.78 is 3.42. The molecule has 3 aromatic heterocycles. The maximum Gasteiger partial charge on any atom is 0.219 e. The van der Waals surface area contributed by atoms with Gasteiger partial charge in [0.1, 0.15) is 12.1 Å². The van der Waals surface area contributed by atoms with E-state index in [1.807, 2.05) is 36.7 Å². The number of β-amino-alcohol motifs (C(OH)–C–C–N with tert-alkyl or cyclic N) is 1. The molecular weight excluding hydrogens is 462 g/mol. The van der Waals surface area contributed by atoms with Crippen molar-refractivity contribution in [2.75, 3.05) is 13.1 Å². The first-order valence-electron chi connectivity index (χ1n) is 11.0. The molecule has 4 aromatic rings. The van der Waals surface area contributed by atoms with Crippen LogP contribution in [0.2, 0.25) is 0 Å². The van der Waals surface area contributed by atoms with Gasteiger partial charge in [0, 0.05) is 53.3 Å². The van der Waals surface area contributed by atoms with Crippen LogP contribution < -0.4 is 0 Å². The first kappa shape index (κ1) is 22.7. The minimum atomic E-state index is -0.708. The fourth-order valence-electron chi connectivity index (χ4n) is 4.35. The van der Waals surface area contributed by atoms with E-state index in [2.05, 4.69) is 22.3 Å². The van der Waals surface area contributed by atoms with Crippen LogP contribution in [0, 0.1) is 22.7 Å². The van der Waals surface area contributed by atoms with Gasteiger partial charge in [-0.3, -0.25) is 9.48 Å². The number of hydrogen-bond acceptors (Lipinski definition) is 7. The van der Waals surface area contributed by atoms with E-state index < -0.39 is 6.10 Å². The van der Waals surface area contributed by atoms with Crippen molar-refractivity contribution < 1.29 is 9.90 Å². The predicted octanol–water partition coefficient (Wildman–Crippen LogP) is 3.25. The number of amides is 1. The Kier molecular flexibility index (Phi) is 6.00. The van der Waals surface area contributed by atoms with Crippen LogP contribution in [0.5, 0.6) is 0 Å². The van der Waals surface area contributed by atoms with E-state index in [0.29, 0.717) is 29.6 Å². The molecular formula is C25H21N7O2S. The number of rotatable bonds is 4. The number of aliphatic hydroxyl groups is 1. The van der Waals surface area contributed by atoms with Crippen LogP contribution in [0.15, 0.2) is 64.9 Å². The second kappa shape index (κ2) is 9.26. The van der Waals surface area contributed by atoms with E-state index in [4.69, 9.17) is 0 Å². The highest BCUT2D eigenvalue weighted by molar-refractivity contribution is 7.99. The van der Waals surface area contributed by atoms with Gasteiger partial charge in [-0.2, -0.15) is 20.7 Å². The molecule has 2 atom stereocenters. The standard InChI is InChI=1S/C25H21N7O2S/c1-16(33)30-7-6-21(22(34)15-30)31-14-20(12-28-31)18-8-24(25-19(10-27)11-29-32(25)13-18)35-23-5-3-2-4-17(23)9-26/h2-5,8,11-14,21-22,34H,6-7,15H2,1H3/t21-,22-/m0/s1. The molecule has 5 rings (SSSR count). The van der Waals surface area contributed by atoms with Crippen molar-refractivity contribution in [2.24, 2.45) is 0 Å². The molecule has 1 aromatic carbocycles. The summed E-state index contributed by atoms with van der Waals surface area (Å²) in [7, 11) is 0. The average molecular weight is 484 g/mol. The lowest BCUT2D eigenvalue weighted by Gasteiger charge is -2.35. The van der Waals surface area contributed by atoms with Gasteiger partial charge in [0.2, 0.25) is 5.91 Å². The number of piperidine rings is 1. The van der Waals surface area contributed by atoms with Gasteiger partial charge in [0.15, 0.2) is 0 Å². The molecule has 1 aliphatic rings. The Bertz CT molecular complexity index is 1510. The van der Waals surface area contributed by atoms with Crippen LogP contribution in [0.1, 0.15) is 30.5 Å². The Morgan fingerprint density at radius 3 is 2.63 bits per heavy atom. The largest absolute Gasteiger partial charge is 0.389 e. The fraction of sp³-hybridized carbons (Fsp3) is 0.240. The molecule has 1 saturated heterocycles. The van der Waals surface area contributed by atoms with Crippen molar-refractivity contribution in [2.45, 2.75) is 35.3 Å². The van der Waals surface area contributed by atoms with Crippen LogP contribution >= 0.6 is 11.8 Å². The van der Waals surface area contributed by atoms with Crippen molar-refractivity contribution in [3.63, 3.8) is 0 Å². The van der Waals surface area contributed by atoms with Crippen LogP contribution in [-0.4, -0.2) is 54.5 Å². The van der Waals surface area contributed by atoms with Gasteiger partial charge in [0.25, 0.3) is 0 Å². The summed E-state index contributed by atoms with van der Waals surface area (Å²) in [5.74, 6) is -0.0454. The molecule has 4 heterocycles. The summed E-state index contributed by atoms with van der Waals surface area (Å²) in [6.45, 7) is 2.36. The van der Waals surface area contributed by atoms with E-state index in [9.17, 15) is 20.4 Å². The molecule has 1 aliphatic heterocycles. The summed E-state index contributed by atoms with van der Waals surface area (Å²) in [5, 5.41) is 38.6. The lowest BCUT2D eigenvalue weighted by atomic mass is 10.0. The van der Waals surface area contributed by atoms with Gasteiger partial charge >= 0.3 is 0 Å². The van der Waals surface area contributed by atoms with Crippen molar-refractivity contribution in [1.82, 2.24) is 24.3 Å². The highest BCUT2D eigenvalue weighted by Gasteiger charge is 2.30. The van der Waals surface area contributed by atoms with Crippen molar-refractivity contribution in [3.05, 3.63) is 66.2 Å². The molecule has 1 amide bonds. The number of fused-ring (bicyclic) bond motifs is 1. The molecule has 0 unspecified atom stereocenters. The third-order valence-corrected chi connectivity index (χ3v) is 7.30. The normalized spacial score (nSPS) is 17.8. The SMILES string of the molecule is CC(=O)N1CC[C@H](n2cc(-c3cc(Sc4ccccc4C#N)c4c(C#N)cnn4c3)cn2)[C@@H](O)C1. The number of nitriles is 2. The van der Waals surface area contributed by atoms with E-state index in [1.165, 1.54) is 24.9 Å². The quantitative estimate of drug-likeness (QED) is 0.473. The third-order valence-electron chi connectivity index (χ3n) is 6.19. The number of likely N-dealkylation sites (tertiary alicyclic amines) is 1. The van der Waals surface area contributed by atoms with Crippen molar-refractivity contribution in [1.29, 1.82) is 10.5 Å². The van der Waals surface area contributed by atoms with E-state index in [-0.39, 0.29) is 18.5 Å². The molecule has 1 N–H and O–H groups in total. The van der Waals surface area contributed by atoms with Gasteiger partial charge in [-0.25, -0.2) is 4.52 Å². The number of aliphatic hydroxyl groups excluding tert-OH is 1. The van der Waals surface area contributed by atoms with Gasteiger partial charge in [0.05, 0.1) is 41.2 Å². The molecule has 0 radical (unpaired) electrons. The summed E-state index contributed by atoms with van der Waals surface area (Å²) >= 11 is 1.41. The zero-order valence-electron chi connectivity index (χ0n) is 18.9. The molecule has 9 nitrogen and oxygen atoms in total. The number of hydrogen-bond donors (Lipinski definition) is 1. The van der Waals surface area contributed by atoms with Gasteiger partial charge in [-0.1, -0.05) is 23.9 Å². The number of aromatic nitrogens is 4. The number of pyridine rings is 1. The fourth-order valence-corrected chi connectivity index (χ4v) is 5.44. The zero-order chi connectivity index (χ0) is 24.5. The zero-order valence-corrected chi connectivity index (χ0v) is 19.7. The molecule has 10 heteroatoms. The molecule has 35 heavy (non-hydrogen) atoms. The summed E-state index contributed by atoms with van der Waals surface area (Å²) in [5.41, 5.74) is 3.34. The maximum atomic E-state index is 11.7. The molecule has 0 bridgehead atoms. The summed E-state index contributed by atoms with van der Waals surface area (Å²) in [6.07, 6.45) is 6.88. The van der Waals surface area contributed by atoms with E-state index >= 15 is 0 Å². The van der Waals surface area contributed by atoms with Gasteiger partial charge in [-0.15, -0.1) is 0 Å². The minimum absolute atomic E-state index is 0.0454. The number of nitrogens with zero attached hydrogens (tertiary/aromatic N) is 7. The Morgan fingerprint density at radius 2 is 1.89 bits per heavy atom. The highest BCUT2D eigenvalue weighted by atomic mass is 32.2. The third kappa shape index (κ3) is 4.26. The van der Waals surface area contributed by atoms with Crippen LogP contribution in [0.3, 0.4) is 0 Å². The van der Waals surface area contributed by atoms with Crippen LogP contribution in [0.25, 0.3) is 16.6 Å². The number of carbonyl (C=O) groups is 1. The maximum absolute atomic E-state index is 11.7. The first-order valence-corrected chi connectivity index (χ1v) is 11.9. The van der Waals surface area contributed by atoms with Gasteiger partial charge in [-0.05, 0) is 24.6 Å². The Hall–Kier alpha value is -4.12. The van der Waals surface area contributed by atoms with Crippen molar-refractivity contribution in [3.8, 4) is 23.3 Å². The van der Waals surface area contributed by atoms with Gasteiger partial charge < -0.3 is 10.0 Å². The lowest BCUT2D eigenvalue weighted by Crippen LogP contribution is -2.46. The second-order valence-electron chi connectivity index (χ2n) is 8.36. The summed E-state index contributed by atoms with van der Waals surface area (Å²) in [6, 6.07) is 13.5. The topological polar surface area (TPSA) is 123 Å². The van der Waals surface area contributed by atoms with E-state index in [1.54, 1.807) is 26.4 Å². The number of benzene rings is 1. The van der Waals surface area contributed by atoms with E-state index in [0.717, 1.165) is 20.9 Å². The Balaban J connectivity index is 1.52. The summed E-state index contributed by atoms with van der Waals surface area (Å²) in [4.78, 5) is 14.9. The first-order chi connectivity index (χ1) is 17.0. The predicted molar refractivity (Wildman–Crippen MR) is 128 cm³/mol. The molecule has 0 saturated carbocycles. The Labute approximate surface area is 205 Å². The smallest absolute Gasteiger partial charge is 0.219 e.